The zero-order valence-electron chi connectivity index (χ0n) is 15.5. The molecule has 3 aromatic carbocycles. The van der Waals surface area contributed by atoms with E-state index in [2.05, 4.69) is 14.8 Å². The van der Waals surface area contributed by atoms with Gasteiger partial charge in [-0.1, -0.05) is 11.6 Å². The van der Waals surface area contributed by atoms with Crippen molar-refractivity contribution >= 4 is 38.9 Å². The van der Waals surface area contributed by atoms with Crippen molar-refractivity contribution in [3.05, 3.63) is 83.1 Å². The van der Waals surface area contributed by atoms with Gasteiger partial charge >= 0.3 is 6.61 Å². The number of alkyl halides is 2. The molecule has 0 fully saturated rings. The van der Waals surface area contributed by atoms with Crippen LogP contribution < -0.4 is 14.8 Å². The van der Waals surface area contributed by atoms with Crippen molar-refractivity contribution in [3.8, 4) is 5.75 Å². The van der Waals surface area contributed by atoms with Gasteiger partial charge in [0.15, 0.2) is 0 Å². The Morgan fingerprint density at radius 3 is 2.23 bits per heavy atom. The van der Waals surface area contributed by atoms with Gasteiger partial charge in [0.2, 0.25) is 0 Å². The van der Waals surface area contributed by atoms with E-state index < -0.39 is 28.4 Å². The summed E-state index contributed by atoms with van der Waals surface area (Å²) in [4.78, 5) is 12.3. The van der Waals surface area contributed by atoms with Crippen LogP contribution in [0.25, 0.3) is 0 Å². The second kappa shape index (κ2) is 9.27. The third kappa shape index (κ3) is 5.89. The molecule has 0 saturated heterocycles. The van der Waals surface area contributed by atoms with Crippen LogP contribution in [0.2, 0.25) is 5.02 Å². The largest absolute Gasteiger partial charge is 0.435 e. The number of sulfonamides is 1. The molecule has 31 heavy (non-hydrogen) atoms. The van der Waals surface area contributed by atoms with Gasteiger partial charge in [0, 0.05) is 11.3 Å². The van der Waals surface area contributed by atoms with Crippen molar-refractivity contribution in [3.63, 3.8) is 0 Å². The van der Waals surface area contributed by atoms with Gasteiger partial charge < -0.3 is 10.1 Å². The van der Waals surface area contributed by atoms with Crippen molar-refractivity contribution in [1.29, 1.82) is 0 Å². The molecular weight excluding hydrogens is 457 g/mol. The van der Waals surface area contributed by atoms with E-state index >= 15 is 0 Å². The number of anilines is 2. The highest BCUT2D eigenvalue weighted by atomic mass is 35.5. The molecule has 2 N–H and O–H groups in total. The third-order valence-electron chi connectivity index (χ3n) is 3.93. The molecule has 6 nitrogen and oxygen atoms in total. The molecule has 0 aliphatic rings. The highest BCUT2D eigenvalue weighted by Crippen LogP contribution is 2.27. The fraction of sp³-hybridized carbons (Fsp3) is 0.0500. The van der Waals surface area contributed by atoms with Crippen molar-refractivity contribution in [1.82, 2.24) is 0 Å². The Kier molecular flexibility index (Phi) is 6.71. The summed E-state index contributed by atoms with van der Waals surface area (Å²) < 4.78 is 68.9. The lowest BCUT2D eigenvalue weighted by molar-refractivity contribution is -0.0498. The van der Waals surface area contributed by atoms with Crippen LogP contribution in [-0.4, -0.2) is 20.9 Å². The number of rotatable bonds is 7. The van der Waals surface area contributed by atoms with E-state index in [9.17, 15) is 26.4 Å². The quantitative estimate of drug-likeness (QED) is 0.501. The number of hydrogen-bond donors (Lipinski definition) is 2. The number of benzene rings is 3. The number of carbonyl (C=O) groups is 1. The van der Waals surface area contributed by atoms with Crippen molar-refractivity contribution < 1.29 is 31.1 Å². The number of carbonyl (C=O) groups excluding carboxylic acids is 1. The fourth-order valence-electron chi connectivity index (χ4n) is 2.49. The minimum Gasteiger partial charge on any atom is -0.435 e. The van der Waals surface area contributed by atoms with Gasteiger partial charge in [-0.2, -0.15) is 8.78 Å². The molecule has 0 aromatic heterocycles. The lowest BCUT2D eigenvalue weighted by atomic mass is 10.2. The number of hydrogen-bond acceptors (Lipinski definition) is 4. The van der Waals surface area contributed by atoms with Crippen molar-refractivity contribution in [2.75, 3.05) is 10.0 Å². The average molecular weight is 471 g/mol. The third-order valence-corrected chi connectivity index (χ3v) is 5.65. The summed E-state index contributed by atoms with van der Waals surface area (Å²) in [5.74, 6) is -1.26. The minimum atomic E-state index is -4.08. The van der Waals surface area contributed by atoms with Crippen LogP contribution in [0.4, 0.5) is 24.5 Å². The standard InChI is InChI=1S/C20H14ClF3N2O4S/c21-17-10-1-12(19(27)25-14-4-6-15(7-5-14)30-20(23)24)11-18(17)26-31(28,29)16-8-2-13(22)3-9-16/h1-11,20,26H,(H,25,27). The molecule has 162 valence electrons. The normalized spacial score (nSPS) is 11.3. The van der Waals surface area contributed by atoms with Gasteiger partial charge in [-0.05, 0) is 66.7 Å². The first kappa shape index (κ1) is 22.4. The van der Waals surface area contributed by atoms with Gasteiger partial charge in [-0.3, -0.25) is 9.52 Å². The van der Waals surface area contributed by atoms with E-state index in [0.29, 0.717) is 5.69 Å². The van der Waals surface area contributed by atoms with E-state index in [1.165, 1.54) is 42.5 Å². The highest BCUT2D eigenvalue weighted by molar-refractivity contribution is 7.92. The maximum absolute atomic E-state index is 13.0. The van der Waals surface area contributed by atoms with E-state index in [1.807, 2.05) is 0 Å². The summed E-state index contributed by atoms with van der Waals surface area (Å²) in [5, 5.41) is 2.58. The molecule has 0 saturated carbocycles. The second-order valence-corrected chi connectivity index (χ2v) is 8.20. The van der Waals surface area contributed by atoms with Gasteiger partial charge in [0.25, 0.3) is 15.9 Å². The minimum absolute atomic E-state index is 0.0377. The maximum Gasteiger partial charge on any atom is 0.387 e. The Hall–Kier alpha value is -3.24. The molecule has 0 radical (unpaired) electrons. The fourth-order valence-corrected chi connectivity index (χ4v) is 3.78. The van der Waals surface area contributed by atoms with E-state index in [1.54, 1.807) is 0 Å². The summed E-state index contributed by atoms with van der Waals surface area (Å²) in [7, 11) is -4.08. The molecule has 0 heterocycles. The number of ether oxygens (including phenoxy) is 1. The zero-order chi connectivity index (χ0) is 22.6. The molecule has 0 unspecified atom stereocenters. The molecule has 3 aromatic rings. The number of nitrogens with one attached hydrogen (secondary N) is 2. The molecule has 0 bridgehead atoms. The highest BCUT2D eigenvalue weighted by Gasteiger charge is 2.17. The van der Waals surface area contributed by atoms with Gasteiger partial charge in [-0.25, -0.2) is 12.8 Å². The van der Waals surface area contributed by atoms with Crippen LogP contribution in [0.1, 0.15) is 10.4 Å². The summed E-state index contributed by atoms with van der Waals surface area (Å²) in [6.45, 7) is -2.97. The summed E-state index contributed by atoms with van der Waals surface area (Å²) in [6, 6.07) is 13.3. The van der Waals surface area contributed by atoms with Crippen LogP contribution in [0.15, 0.2) is 71.6 Å². The topological polar surface area (TPSA) is 84.5 Å². The maximum atomic E-state index is 13.0. The lowest BCUT2D eigenvalue weighted by Crippen LogP contribution is -2.15. The summed E-state index contributed by atoms with van der Waals surface area (Å²) >= 11 is 6.04. The predicted molar refractivity (Wildman–Crippen MR) is 110 cm³/mol. The molecule has 3 rings (SSSR count). The van der Waals surface area contributed by atoms with Gasteiger partial charge in [-0.15, -0.1) is 0 Å². The van der Waals surface area contributed by atoms with Crippen LogP contribution >= 0.6 is 11.6 Å². The molecule has 0 atom stereocenters. The Bertz CT molecular complexity index is 1190. The van der Waals surface area contributed by atoms with Crippen molar-refractivity contribution in [2.45, 2.75) is 11.5 Å². The van der Waals surface area contributed by atoms with Crippen LogP contribution in [-0.2, 0) is 10.0 Å². The van der Waals surface area contributed by atoms with E-state index in [-0.39, 0.29) is 26.9 Å². The Morgan fingerprint density at radius 2 is 1.61 bits per heavy atom. The molecule has 0 spiro atoms. The smallest absolute Gasteiger partial charge is 0.387 e. The van der Waals surface area contributed by atoms with Crippen molar-refractivity contribution in [2.24, 2.45) is 0 Å². The Balaban J connectivity index is 1.77. The van der Waals surface area contributed by atoms with Crippen LogP contribution in [0.5, 0.6) is 5.75 Å². The predicted octanol–water partition coefficient (Wildman–Crippen LogP) is 5.13. The number of halogens is 4. The zero-order valence-corrected chi connectivity index (χ0v) is 17.1. The van der Waals surface area contributed by atoms with Crippen LogP contribution in [0.3, 0.4) is 0 Å². The first-order valence-electron chi connectivity index (χ1n) is 8.58. The SMILES string of the molecule is O=C(Nc1ccc(OC(F)F)cc1)c1ccc(Cl)c(NS(=O)(=O)c2ccc(F)cc2)c1. The molecule has 0 aliphatic heterocycles. The summed E-state index contributed by atoms with van der Waals surface area (Å²) in [6.07, 6.45) is 0. The van der Waals surface area contributed by atoms with E-state index in [4.69, 9.17) is 11.6 Å². The molecule has 0 aliphatic carbocycles. The summed E-state index contributed by atoms with van der Waals surface area (Å²) in [5.41, 5.74) is 0.323. The monoisotopic (exact) mass is 470 g/mol. The lowest BCUT2D eigenvalue weighted by Gasteiger charge is -2.12. The van der Waals surface area contributed by atoms with Gasteiger partial charge in [0.1, 0.15) is 11.6 Å². The molecule has 11 heteroatoms. The Labute approximate surface area is 180 Å². The van der Waals surface area contributed by atoms with Gasteiger partial charge in [0.05, 0.1) is 15.6 Å². The first-order chi connectivity index (χ1) is 14.6. The second-order valence-electron chi connectivity index (χ2n) is 6.11. The number of amides is 1. The average Bonchev–Trinajstić information content (AvgIpc) is 2.71. The van der Waals surface area contributed by atoms with E-state index in [0.717, 1.165) is 24.3 Å². The molecule has 1 amide bonds. The first-order valence-corrected chi connectivity index (χ1v) is 10.4. The molecular formula is C20H14ClF3N2O4S. The Morgan fingerprint density at radius 1 is 0.968 bits per heavy atom. The van der Waals surface area contributed by atoms with Crippen LogP contribution in [0, 0.1) is 5.82 Å².